The molecule has 0 radical (unpaired) electrons. The molecule has 0 aliphatic carbocycles. The largest absolute Gasteiger partial charge is 0.353 e. The zero-order valence-electron chi connectivity index (χ0n) is 17.2. The highest BCUT2D eigenvalue weighted by Gasteiger charge is 2.33. The summed E-state index contributed by atoms with van der Waals surface area (Å²) in [5.74, 6) is 0. The van der Waals surface area contributed by atoms with Gasteiger partial charge in [-0.3, -0.25) is 0 Å². The van der Waals surface area contributed by atoms with Crippen molar-refractivity contribution < 1.29 is 0 Å². The lowest BCUT2D eigenvalue weighted by atomic mass is 9.70. The summed E-state index contributed by atoms with van der Waals surface area (Å²) in [6, 6.07) is 13.4. The van der Waals surface area contributed by atoms with E-state index in [9.17, 15) is 0 Å². The highest BCUT2D eigenvalue weighted by molar-refractivity contribution is 7.99. The fraction of sp³-hybridized carbons (Fsp3) is 0.500. The molecule has 3 rings (SSSR count). The lowest BCUT2D eigenvalue weighted by Gasteiger charge is -2.38. The Balaban J connectivity index is 2.11. The van der Waals surface area contributed by atoms with E-state index in [-0.39, 0.29) is 5.41 Å². The van der Waals surface area contributed by atoms with Gasteiger partial charge in [0.25, 0.3) is 0 Å². The van der Waals surface area contributed by atoms with Gasteiger partial charge in [0, 0.05) is 9.79 Å². The van der Waals surface area contributed by atoms with Crippen molar-refractivity contribution in [3.8, 4) is 0 Å². The van der Waals surface area contributed by atoms with Crippen LogP contribution < -0.4 is 5.32 Å². The van der Waals surface area contributed by atoms with Gasteiger partial charge in [0.05, 0.1) is 11.4 Å². The van der Waals surface area contributed by atoms with Crippen molar-refractivity contribution in [3.63, 3.8) is 0 Å². The second-order valence-corrected chi connectivity index (χ2v) is 10.5. The number of anilines is 2. The van der Waals surface area contributed by atoms with E-state index in [0.717, 1.165) is 0 Å². The maximum absolute atomic E-state index is 3.80. The maximum atomic E-state index is 3.80. The van der Waals surface area contributed by atoms with Crippen LogP contribution in [0.2, 0.25) is 0 Å². The normalized spacial score (nSPS) is 13.8. The molecule has 0 bridgehead atoms. The van der Waals surface area contributed by atoms with Crippen molar-refractivity contribution in [2.24, 2.45) is 5.41 Å². The predicted molar refractivity (Wildman–Crippen MR) is 116 cm³/mol. The molecular weight excluding hydrogens is 334 g/mol. The summed E-state index contributed by atoms with van der Waals surface area (Å²) in [6.45, 7) is 14.2. The zero-order chi connectivity index (χ0) is 18.9. The molecule has 1 aliphatic rings. The van der Waals surface area contributed by atoms with E-state index in [4.69, 9.17) is 0 Å². The maximum Gasteiger partial charge on any atom is 0.0567 e. The van der Waals surface area contributed by atoms with Gasteiger partial charge >= 0.3 is 0 Å². The van der Waals surface area contributed by atoms with Crippen LogP contribution in [-0.4, -0.2) is 0 Å². The summed E-state index contributed by atoms with van der Waals surface area (Å²) in [7, 11) is 0. The fourth-order valence-corrected chi connectivity index (χ4v) is 5.51. The van der Waals surface area contributed by atoms with Crippen LogP contribution in [-0.2, 0) is 11.8 Å². The zero-order valence-corrected chi connectivity index (χ0v) is 18.0. The third-order valence-electron chi connectivity index (χ3n) is 5.07. The summed E-state index contributed by atoms with van der Waals surface area (Å²) in [6.07, 6.45) is 4.83. The minimum atomic E-state index is 0.131. The van der Waals surface area contributed by atoms with Gasteiger partial charge in [-0.2, -0.15) is 0 Å². The molecule has 0 saturated carbocycles. The van der Waals surface area contributed by atoms with E-state index in [1.54, 1.807) is 0 Å². The predicted octanol–water partition coefficient (Wildman–Crippen LogP) is 7.95. The van der Waals surface area contributed by atoms with Crippen LogP contribution in [0.15, 0.2) is 46.2 Å². The second kappa shape index (κ2) is 7.31. The van der Waals surface area contributed by atoms with Gasteiger partial charge in [-0.05, 0) is 59.4 Å². The molecule has 26 heavy (non-hydrogen) atoms. The molecule has 0 fully saturated rings. The van der Waals surface area contributed by atoms with Crippen LogP contribution in [0.5, 0.6) is 0 Å². The third-order valence-corrected chi connectivity index (χ3v) is 6.20. The van der Waals surface area contributed by atoms with Crippen LogP contribution in [0.4, 0.5) is 11.4 Å². The van der Waals surface area contributed by atoms with E-state index in [1.807, 2.05) is 11.8 Å². The highest BCUT2D eigenvalue weighted by atomic mass is 32.2. The number of hydrogen-bond acceptors (Lipinski definition) is 2. The smallest absolute Gasteiger partial charge is 0.0567 e. The summed E-state index contributed by atoms with van der Waals surface area (Å²) in [4.78, 5) is 2.68. The number of aryl methyl sites for hydroxylation is 1. The Morgan fingerprint density at radius 2 is 1.65 bits per heavy atom. The number of hydrogen-bond donors (Lipinski definition) is 1. The van der Waals surface area contributed by atoms with E-state index in [0.29, 0.717) is 5.41 Å². The fourth-order valence-electron chi connectivity index (χ4n) is 4.51. The molecule has 2 heteroatoms. The van der Waals surface area contributed by atoms with Crippen molar-refractivity contribution in [1.82, 2.24) is 0 Å². The first-order valence-corrected chi connectivity index (χ1v) is 10.7. The summed E-state index contributed by atoms with van der Waals surface area (Å²) < 4.78 is 0. The lowest BCUT2D eigenvalue weighted by Crippen LogP contribution is -2.28. The topological polar surface area (TPSA) is 12.0 Å². The van der Waals surface area contributed by atoms with Crippen LogP contribution in [0.1, 0.15) is 71.9 Å². The van der Waals surface area contributed by atoms with E-state index >= 15 is 0 Å². The number of nitrogens with one attached hydrogen (secondary N) is 1. The first-order chi connectivity index (χ1) is 12.2. The van der Waals surface area contributed by atoms with Gasteiger partial charge in [-0.1, -0.05) is 77.9 Å². The first-order valence-electron chi connectivity index (χ1n) is 9.91. The van der Waals surface area contributed by atoms with E-state index in [1.165, 1.54) is 58.0 Å². The third kappa shape index (κ3) is 4.11. The van der Waals surface area contributed by atoms with Gasteiger partial charge in [-0.15, -0.1) is 0 Å². The van der Waals surface area contributed by atoms with E-state index < -0.39 is 0 Å². The Morgan fingerprint density at radius 1 is 0.923 bits per heavy atom. The molecule has 0 saturated heterocycles. The summed E-state index contributed by atoms with van der Waals surface area (Å²) in [5.41, 5.74) is 6.07. The average Bonchev–Trinajstić information content (AvgIpc) is 2.55. The Hall–Kier alpha value is -1.41. The second-order valence-electron chi connectivity index (χ2n) is 9.42. The van der Waals surface area contributed by atoms with Crippen LogP contribution >= 0.6 is 11.8 Å². The number of fused-ring (bicyclic) bond motifs is 2. The number of benzene rings is 2. The van der Waals surface area contributed by atoms with Crippen LogP contribution in [0.3, 0.4) is 0 Å². The molecule has 140 valence electrons. The van der Waals surface area contributed by atoms with Crippen molar-refractivity contribution in [2.75, 3.05) is 5.32 Å². The minimum Gasteiger partial charge on any atom is -0.353 e. The minimum absolute atomic E-state index is 0.131. The molecule has 0 atom stereocenters. The first kappa shape index (κ1) is 19.4. The molecule has 1 N–H and O–H groups in total. The van der Waals surface area contributed by atoms with Gasteiger partial charge in [-0.25, -0.2) is 0 Å². The lowest BCUT2D eigenvalue weighted by molar-refractivity contribution is 0.283. The quantitative estimate of drug-likeness (QED) is 0.491. The molecule has 0 spiro atoms. The molecule has 0 amide bonds. The number of unbranched alkanes of at least 4 members (excludes halogenated alkanes) is 1. The van der Waals surface area contributed by atoms with Gasteiger partial charge in [0.2, 0.25) is 0 Å². The van der Waals surface area contributed by atoms with E-state index in [2.05, 4.69) is 83.3 Å². The Labute approximate surface area is 164 Å². The molecule has 2 aromatic carbocycles. The summed E-state index contributed by atoms with van der Waals surface area (Å²) >= 11 is 1.90. The van der Waals surface area contributed by atoms with Crippen molar-refractivity contribution in [1.29, 1.82) is 0 Å². The molecule has 1 nitrogen and oxygen atoms in total. The monoisotopic (exact) mass is 367 g/mol. The van der Waals surface area contributed by atoms with Crippen LogP contribution in [0, 0.1) is 5.41 Å². The Bertz CT molecular complexity index is 783. The molecular formula is C24H33NS. The molecule has 1 aliphatic heterocycles. The van der Waals surface area contributed by atoms with Gasteiger partial charge in [0.15, 0.2) is 0 Å². The van der Waals surface area contributed by atoms with Crippen molar-refractivity contribution in [2.45, 2.75) is 82.4 Å². The van der Waals surface area contributed by atoms with Crippen LogP contribution in [0.25, 0.3) is 0 Å². The number of para-hydroxylation sites is 1. The van der Waals surface area contributed by atoms with Gasteiger partial charge < -0.3 is 5.32 Å². The molecule has 0 aromatic heterocycles. The highest BCUT2D eigenvalue weighted by Crippen LogP contribution is 2.50. The standard InChI is InChI=1S/C24H33NS/c1-7-8-11-17-14-15-20-22(21(17)24(5,6)16-23(2,3)4)25-18-12-9-10-13-19(18)26-20/h9-10,12-15,25H,7-8,11,16H2,1-6H3. The molecule has 0 unspecified atom stereocenters. The Kier molecular flexibility index (Phi) is 5.44. The van der Waals surface area contributed by atoms with Crippen molar-refractivity contribution in [3.05, 3.63) is 47.5 Å². The van der Waals surface area contributed by atoms with Crippen molar-refractivity contribution >= 4 is 23.1 Å². The average molecular weight is 368 g/mol. The molecule has 2 aromatic rings. The number of rotatable bonds is 5. The SMILES string of the molecule is CCCCc1ccc2c(c1C(C)(C)CC(C)(C)C)Nc1ccccc1S2. The molecule has 1 heterocycles. The van der Waals surface area contributed by atoms with Gasteiger partial charge in [0.1, 0.15) is 0 Å². The summed E-state index contributed by atoms with van der Waals surface area (Å²) in [5, 5.41) is 3.80. The Morgan fingerprint density at radius 3 is 2.35 bits per heavy atom.